The smallest absolute Gasteiger partial charge is 0.251 e. The van der Waals surface area contributed by atoms with E-state index in [1.54, 1.807) is 0 Å². The van der Waals surface area contributed by atoms with Crippen molar-refractivity contribution in [3.8, 4) is 11.5 Å². The van der Waals surface area contributed by atoms with Gasteiger partial charge in [-0.1, -0.05) is 13.8 Å². The van der Waals surface area contributed by atoms with Gasteiger partial charge >= 0.3 is 0 Å². The van der Waals surface area contributed by atoms with Crippen molar-refractivity contribution in [2.45, 2.75) is 26.8 Å². The van der Waals surface area contributed by atoms with E-state index < -0.39 is 0 Å². The number of amides is 1. The molecule has 0 bridgehead atoms. The lowest BCUT2D eigenvalue weighted by Gasteiger charge is -2.17. The summed E-state index contributed by atoms with van der Waals surface area (Å²) in [4.78, 5) is 11.7. The Hall–Kier alpha value is -1.71. The molecule has 0 saturated carbocycles. The number of hydrogen-bond donors (Lipinski definition) is 3. The van der Waals surface area contributed by atoms with Crippen molar-refractivity contribution in [2.24, 2.45) is 5.92 Å². The third-order valence-corrected chi connectivity index (χ3v) is 2.52. The van der Waals surface area contributed by atoms with E-state index in [-0.39, 0.29) is 29.0 Å². The molecule has 0 aliphatic heterocycles. The maximum Gasteiger partial charge on any atom is 0.251 e. The number of nitrogens with one attached hydrogen (secondary N) is 1. The molecule has 0 fully saturated rings. The van der Waals surface area contributed by atoms with E-state index >= 15 is 0 Å². The number of hydrogen-bond acceptors (Lipinski definition) is 3. The normalized spacial score (nSPS) is 12.5. The standard InChI is InChI=1S/C12H17NO3/c1-7(2)8(3)13-12(16)9-4-10(14)6-11(15)5-9/h4-8,14-15H,1-3H3,(H,13,16). The predicted octanol–water partition coefficient (Wildman–Crippen LogP) is 1.87. The summed E-state index contributed by atoms with van der Waals surface area (Å²) in [6.07, 6.45) is 0. The topological polar surface area (TPSA) is 69.6 Å². The van der Waals surface area contributed by atoms with Crippen molar-refractivity contribution in [3.05, 3.63) is 23.8 Å². The number of phenolic OH excluding ortho intramolecular Hbond substituents is 2. The number of carbonyl (C=O) groups is 1. The summed E-state index contributed by atoms with van der Waals surface area (Å²) in [7, 11) is 0. The van der Waals surface area contributed by atoms with Crippen LogP contribution in [-0.4, -0.2) is 22.2 Å². The van der Waals surface area contributed by atoms with Gasteiger partial charge in [0.25, 0.3) is 5.91 Å². The van der Waals surface area contributed by atoms with Crippen molar-refractivity contribution < 1.29 is 15.0 Å². The second-order valence-corrected chi connectivity index (χ2v) is 4.24. The molecule has 16 heavy (non-hydrogen) atoms. The van der Waals surface area contributed by atoms with Crippen molar-refractivity contribution in [1.82, 2.24) is 5.32 Å². The summed E-state index contributed by atoms with van der Waals surface area (Å²) in [5, 5.41) is 21.3. The van der Waals surface area contributed by atoms with Crippen LogP contribution in [0.5, 0.6) is 11.5 Å². The van der Waals surface area contributed by atoms with E-state index in [2.05, 4.69) is 5.32 Å². The Kier molecular flexibility index (Phi) is 3.77. The van der Waals surface area contributed by atoms with Crippen LogP contribution in [0.4, 0.5) is 0 Å². The SMILES string of the molecule is CC(C)C(C)NC(=O)c1cc(O)cc(O)c1. The molecule has 0 aliphatic rings. The molecule has 0 radical (unpaired) electrons. The number of benzene rings is 1. The number of rotatable bonds is 3. The lowest BCUT2D eigenvalue weighted by molar-refractivity contribution is 0.0929. The second-order valence-electron chi connectivity index (χ2n) is 4.24. The third kappa shape index (κ3) is 3.15. The third-order valence-electron chi connectivity index (χ3n) is 2.52. The lowest BCUT2D eigenvalue weighted by Crippen LogP contribution is -2.36. The zero-order valence-corrected chi connectivity index (χ0v) is 9.69. The van der Waals surface area contributed by atoms with Gasteiger partial charge in [0.2, 0.25) is 0 Å². The van der Waals surface area contributed by atoms with Gasteiger partial charge in [-0.05, 0) is 25.0 Å². The Bertz CT molecular complexity index is 368. The van der Waals surface area contributed by atoms with E-state index in [0.29, 0.717) is 5.92 Å². The molecule has 0 saturated heterocycles. The summed E-state index contributed by atoms with van der Waals surface area (Å²) in [5.74, 6) is -0.216. The monoisotopic (exact) mass is 223 g/mol. The van der Waals surface area contributed by atoms with Gasteiger partial charge in [-0.25, -0.2) is 0 Å². The molecule has 0 spiro atoms. The van der Waals surface area contributed by atoms with Gasteiger partial charge < -0.3 is 15.5 Å². The second kappa shape index (κ2) is 4.88. The summed E-state index contributed by atoms with van der Waals surface area (Å²) in [6.45, 7) is 5.92. The highest BCUT2D eigenvalue weighted by atomic mass is 16.3. The number of carbonyl (C=O) groups excluding carboxylic acids is 1. The van der Waals surface area contributed by atoms with Crippen LogP contribution in [0.15, 0.2) is 18.2 Å². The van der Waals surface area contributed by atoms with Crippen LogP contribution in [0.25, 0.3) is 0 Å². The van der Waals surface area contributed by atoms with Gasteiger partial charge in [-0.3, -0.25) is 4.79 Å². The van der Waals surface area contributed by atoms with Crippen LogP contribution in [0.1, 0.15) is 31.1 Å². The number of aromatic hydroxyl groups is 2. The first-order valence-corrected chi connectivity index (χ1v) is 5.24. The maximum atomic E-state index is 11.7. The fourth-order valence-electron chi connectivity index (χ4n) is 1.18. The first-order chi connectivity index (χ1) is 7.40. The van der Waals surface area contributed by atoms with Gasteiger partial charge in [0, 0.05) is 17.7 Å². The fraction of sp³-hybridized carbons (Fsp3) is 0.417. The molecule has 1 atom stereocenters. The molecule has 4 nitrogen and oxygen atoms in total. The molecule has 3 N–H and O–H groups in total. The molecular formula is C12H17NO3. The zero-order chi connectivity index (χ0) is 12.3. The van der Waals surface area contributed by atoms with Gasteiger partial charge in [0.1, 0.15) is 11.5 Å². The minimum absolute atomic E-state index is 0.0389. The molecule has 1 aromatic rings. The Balaban J connectivity index is 2.80. The average molecular weight is 223 g/mol. The molecule has 1 unspecified atom stereocenters. The van der Waals surface area contributed by atoms with Gasteiger partial charge in [0.15, 0.2) is 0 Å². The Morgan fingerprint density at radius 3 is 2.06 bits per heavy atom. The van der Waals surface area contributed by atoms with Crippen LogP contribution < -0.4 is 5.32 Å². The average Bonchev–Trinajstić information content (AvgIpc) is 2.15. The first-order valence-electron chi connectivity index (χ1n) is 5.24. The van der Waals surface area contributed by atoms with E-state index in [4.69, 9.17) is 0 Å². The van der Waals surface area contributed by atoms with Gasteiger partial charge in [0.05, 0.1) is 0 Å². The number of phenols is 2. The minimum Gasteiger partial charge on any atom is -0.508 e. The van der Waals surface area contributed by atoms with Crippen LogP contribution in [0.2, 0.25) is 0 Å². The van der Waals surface area contributed by atoms with Crippen LogP contribution in [-0.2, 0) is 0 Å². The summed E-state index contributed by atoms with van der Waals surface area (Å²) >= 11 is 0. The van der Waals surface area contributed by atoms with Crippen LogP contribution in [0.3, 0.4) is 0 Å². The van der Waals surface area contributed by atoms with Crippen LogP contribution in [0, 0.1) is 5.92 Å². The summed E-state index contributed by atoms with van der Waals surface area (Å²) < 4.78 is 0. The molecule has 1 amide bonds. The predicted molar refractivity (Wildman–Crippen MR) is 61.5 cm³/mol. The highest BCUT2D eigenvalue weighted by molar-refractivity contribution is 5.95. The highest BCUT2D eigenvalue weighted by Crippen LogP contribution is 2.20. The van der Waals surface area contributed by atoms with Crippen molar-refractivity contribution in [1.29, 1.82) is 0 Å². The Morgan fingerprint density at radius 1 is 1.12 bits per heavy atom. The van der Waals surface area contributed by atoms with E-state index in [9.17, 15) is 15.0 Å². The molecule has 88 valence electrons. The van der Waals surface area contributed by atoms with Gasteiger partial charge in [-0.2, -0.15) is 0 Å². The van der Waals surface area contributed by atoms with Crippen molar-refractivity contribution >= 4 is 5.91 Å². The lowest BCUT2D eigenvalue weighted by atomic mass is 10.1. The largest absolute Gasteiger partial charge is 0.508 e. The molecule has 4 heteroatoms. The van der Waals surface area contributed by atoms with Crippen molar-refractivity contribution in [2.75, 3.05) is 0 Å². The Morgan fingerprint density at radius 2 is 1.62 bits per heavy atom. The van der Waals surface area contributed by atoms with Crippen molar-refractivity contribution in [3.63, 3.8) is 0 Å². The van der Waals surface area contributed by atoms with Crippen LogP contribution >= 0.6 is 0 Å². The summed E-state index contributed by atoms with van der Waals surface area (Å²) in [6, 6.07) is 3.87. The minimum atomic E-state index is -0.299. The maximum absolute atomic E-state index is 11.7. The quantitative estimate of drug-likeness (QED) is 0.732. The molecular weight excluding hydrogens is 206 g/mol. The zero-order valence-electron chi connectivity index (χ0n) is 9.69. The van der Waals surface area contributed by atoms with E-state index in [1.165, 1.54) is 18.2 Å². The molecule has 1 rings (SSSR count). The van der Waals surface area contributed by atoms with E-state index in [1.807, 2.05) is 20.8 Å². The Labute approximate surface area is 94.9 Å². The first kappa shape index (κ1) is 12.4. The molecule has 1 aromatic carbocycles. The molecule has 0 aliphatic carbocycles. The molecule has 0 aromatic heterocycles. The summed E-state index contributed by atoms with van der Waals surface area (Å²) in [5.41, 5.74) is 0.255. The molecule has 0 heterocycles. The fourth-order valence-corrected chi connectivity index (χ4v) is 1.18. The van der Waals surface area contributed by atoms with Gasteiger partial charge in [-0.15, -0.1) is 0 Å². The highest BCUT2D eigenvalue weighted by Gasteiger charge is 2.13. The van der Waals surface area contributed by atoms with E-state index in [0.717, 1.165) is 0 Å².